The van der Waals surface area contributed by atoms with Crippen LogP contribution in [0.1, 0.15) is 0 Å². The Kier molecular flexibility index (Phi) is 2.90. The van der Waals surface area contributed by atoms with Crippen LogP contribution in [0.4, 0.5) is 11.5 Å². The second-order valence-corrected chi connectivity index (χ2v) is 5.91. The van der Waals surface area contributed by atoms with Gasteiger partial charge < -0.3 is 15.0 Å². The van der Waals surface area contributed by atoms with Gasteiger partial charge in [-0.05, 0) is 41.8 Å². The number of methoxy groups -OCH3 is 1. The lowest BCUT2D eigenvalue weighted by Gasteiger charge is -2.10. The minimum Gasteiger partial charge on any atom is -0.497 e. The Morgan fingerprint density at radius 3 is 2.92 bits per heavy atom. The van der Waals surface area contributed by atoms with Crippen molar-refractivity contribution in [2.75, 3.05) is 12.4 Å². The van der Waals surface area contributed by atoms with E-state index in [0.717, 1.165) is 44.6 Å². The van der Waals surface area contributed by atoms with Crippen molar-refractivity contribution < 1.29 is 4.74 Å². The predicted octanol–water partition coefficient (Wildman–Crippen LogP) is 4.34. The van der Waals surface area contributed by atoms with Crippen LogP contribution in [0.2, 0.25) is 0 Å². The molecule has 0 bridgehead atoms. The highest BCUT2D eigenvalue weighted by Crippen LogP contribution is 2.32. The summed E-state index contributed by atoms with van der Waals surface area (Å²) in [7, 11) is 1.66. The monoisotopic (exact) mass is 329 g/mol. The second-order valence-electron chi connectivity index (χ2n) is 5.91. The molecule has 0 saturated heterocycles. The molecule has 0 spiro atoms. The number of hydrogen-bond donors (Lipinski definition) is 3. The largest absolute Gasteiger partial charge is 0.497 e. The Labute approximate surface area is 142 Å². The molecular weight excluding hydrogens is 314 g/mol. The predicted molar refractivity (Wildman–Crippen MR) is 99.5 cm³/mol. The van der Waals surface area contributed by atoms with Gasteiger partial charge in [-0.3, -0.25) is 5.10 Å². The van der Waals surface area contributed by atoms with Gasteiger partial charge in [0.25, 0.3) is 0 Å². The molecule has 0 saturated carbocycles. The maximum Gasteiger partial charge on any atom is 0.157 e. The molecule has 122 valence electrons. The smallest absolute Gasteiger partial charge is 0.157 e. The standard InChI is InChI=1S/C19H15N5O/c1-25-13-4-5-16-14(9-13)15-10-21-24-18(15)19(23-16)22-12-3-2-11-6-7-20-17(11)8-12/h2-10,20H,1H3,(H,21,24)(H,22,23). The number of nitrogens with one attached hydrogen (secondary N) is 3. The van der Waals surface area contributed by atoms with Crippen LogP contribution in [-0.4, -0.2) is 27.3 Å². The number of hydrogen-bond acceptors (Lipinski definition) is 4. The zero-order chi connectivity index (χ0) is 16.8. The fourth-order valence-electron chi connectivity index (χ4n) is 3.16. The third-order valence-corrected chi connectivity index (χ3v) is 4.42. The van der Waals surface area contributed by atoms with E-state index in [-0.39, 0.29) is 0 Å². The van der Waals surface area contributed by atoms with E-state index < -0.39 is 0 Å². The van der Waals surface area contributed by atoms with Gasteiger partial charge in [-0.2, -0.15) is 5.10 Å². The normalized spacial score (nSPS) is 11.4. The fourth-order valence-corrected chi connectivity index (χ4v) is 3.16. The summed E-state index contributed by atoms with van der Waals surface area (Å²) >= 11 is 0. The average molecular weight is 329 g/mol. The van der Waals surface area contributed by atoms with Crippen LogP contribution in [0.15, 0.2) is 54.9 Å². The zero-order valence-electron chi connectivity index (χ0n) is 13.5. The van der Waals surface area contributed by atoms with Crippen LogP contribution in [0.25, 0.3) is 32.7 Å². The highest BCUT2D eigenvalue weighted by molar-refractivity contribution is 6.09. The SMILES string of the molecule is COc1ccc2nc(Nc3ccc4cc[nH]c4c3)c3[nH]ncc3c2c1. The third-order valence-electron chi connectivity index (χ3n) is 4.42. The number of anilines is 2. The van der Waals surface area contributed by atoms with E-state index in [2.05, 4.69) is 32.6 Å². The molecule has 3 heterocycles. The molecule has 0 unspecified atom stereocenters. The lowest BCUT2D eigenvalue weighted by Crippen LogP contribution is -1.96. The van der Waals surface area contributed by atoms with Crippen molar-refractivity contribution in [2.24, 2.45) is 0 Å². The van der Waals surface area contributed by atoms with Crippen LogP contribution >= 0.6 is 0 Å². The van der Waals surface area contributed by atoms with Crippen molar-refractivity contribution in [1.29, 1.82) is 0 Å². The number of fused-ring (bicyclic) bond motifs is 4. The van der Waals surface area contributed by atoms with Crippen LogP contribution in [0, 0.1) is 0 Å². The summed E-state index contributed by atoms with van der Waals surface area (Å²) in [6.07, 6.45) is 3.75. The van der Waals surface area contributed by atoms with E-state index in [4.69, 9.17) is 9.72 Å². The minimum atomic E-state index is 0.746. The molecule has 0 aliphatic heterocycles. The van der Waals surface area contributed by atoms with Crippen molar-refractivity contribution in [3.63, 3.8) is 0 Å². The molecule has 2 aromatic carbocycles. The fraction of sp³-hybridized carbons (Fsp3) is 0.0526. The lowest BCUT2D eigenvalue weighted by atomic mass is 10.1. The first-order valence-electron chi connectivity index (χ1n) is 7.97. The molecule has 6 nitrogen and oxygen atoms in total. The molecule has 3 aromatic heterocycles. The summed E-state index contributed by atoms with van der Waals surface area (Å²) in [5, 5.41) is 13.8. The van der Waals surface area contributed by atoms with Crippen molar-refractivity contribution in [3.05, 3.63) is 54.9 Å². The molecule has 3 N–H and O–H groups in total. The van der Waals surface area contributed by atoms with E-state index in [1.807, 2.05) is 42.7 Å². The molecule has 0 fully saturated rings. The van der Waals surface area contributed by atoms with Gasteiger partial charge in [-0.15, -0.1) is 0 Å². The molecule has 6 heteroatoms. The zero-order valence-corrected chi connectivity index (χ0v) is 13.5. The quantitative estimate of drug-likeness (QED) is 0.460. The Morgan fingerprint density at radius 1 is 1.04 bits per heavy atom. The minimum absolute atomic E-state index is 0.746. The number of benzene rings is 2. The highest BCUT2D eigenvalue weighted by atomic mass is 16.5. The summed E-state index contributed by atoms with van der Waals surface area (Å²) in [4.78, 5) is 7.99. The van der Waals surface area contributed by atoms with Gasteiger partial charge in [-0.1, -0.05) is 6.07 Å². The van der Waals surface area contributed by atoms with Crippen molar-refractivity contribution >= 4 is 44.2 Å². The van der Waals surface area contributed by atoms with Gasteiger partial charge in [0.05, 0.1) is 18.8 Å². The number of nitrogens with zero attached hydrogens (tertiary/aromatic N) is 2. The first-order chi connectivity index (χ1) is 12.3. The van der Waals surface area contributed by atoms with Crippen LogP contribution in [0.5, 0.6) is 5.75 Å². The first-order valence-corrected chi connectivity index (χ1v) is 7.97. The van der Waals surface area contributed by atoms with Gasteiger partial charge in [0.2, 0.25) is 0 Å². The van der Waals surface area contributed by atoms with Gasteiger partial charge in [-0.25, -0.2) is 4.98 Å². The van der Waals surface area contributed by atoms with E-state index in [9.17, 15) is 0 Å². The molecule has 25 heavy (non-hydrogen) atoms. The number of ether oxygens (including phenoxy) is 1. The maximum absolute atomic E-state index is 5.33. The Bertz CT molecular complexity index is 1220. The van der Waals surface area contributed by atoms with Gasteiger partial charge >= 0.3 is 0 Å². The topological polar surface area (TPSA) is 78.6 Å². The first kappa shape index (κ1) is 13.9. The summed E-state index contributed by atoms with van der Waals surface area (Å²) in [5.41, 5.74) is 3.80. The molecule has 0 aliphatic rings. The molecule has 5 rings (SSSR count). The maximum atomic E-state index is 5.33. The number of aromatic nitrogens is 4. The van der Waals surface area contributed by atoms with E-state index >= 15 is 0 Å². The number of aromatic amines is 2. The highest BCUT2D eigenvalue weighted by Gasteiger charge is 2.11. The summed E-state index contributed by atoms with van der Waals surface area (Å²) in [6.45, 7) is 0. The van der Waals surface area contributed by atoms with Gasteiger partial charge in [0, 0.05) is 28.2 Å². The molecule has 5 aromatic rings. The lowest BCUT2D eigenvalue weighted by molar-refractivity contribution is 0.415. The number of H-pyrrole nitrogens is 2. The van der Waals surface area contributed by atoms with Crippen LogP contribution < -0.4 is 10.1 Å². The Morgan fingerprint density at radius 2 is 2.00 bits per heavy atom. The average Bonchev–Trinajstić information content (AvgIpc) is 3.30. The van der Waals surface area contributed by atoms with Crippen molar-refractivity contribution in [3.8, 4) is 5.75 Å². The molecule has 0 aliphatic carbocycles. The molecule has 0 atom stereocenters. The summed E-state index contributed by atoms with van der Waals surface area (Å²) < 4.78 is 5.33. The second kappa shape index (κ2) is 5.24. The number of rotatable bonds is 3. The van der Waals surface area contributed by atoms with Crippen molar-refractivity contribution in [2.45, 2.75) is 0 Å². The van der Waals surface area contributed by atoms with Crippen LogP contribution in [-0.2, 0) is 0 Å². The van der Waals surface area contributed by atoms with Gasteiger partial charge in [0.1, 0.15) is 11.3 Å². The summed E-state index contributed by atoms with van der Waals surface area (Å²) in [5.74, 6) is 1.55. The van der Waals surface area contributed by atoms with Gasteiger partial charge in [0.15, 0.2) is 5.82 Å². The molecular formula is C19H15N5O. The van der Waals surface area contributed by atoms with E-state index in [1.54, 1.807) is 7.11 Å². The van der Waals surface area contributed by atoms with Crippen LogP contribution in [0.3, 0.4) is 0 Å². The Hall–Kier alpha value is -3.54. The molecule has 0 amide bonds. The van der Waals surface area contributed by atoms with E-state index in [0.29, 0.717) is 0 Å². The Balaban J connectivity index is 1.67. The molecule has 0 radical (unpaired) electrons. The third kappa shape index (κ3) is 2.19. The summed E-state index contributed by atoms with van der Waals surface area (Å²) in [6, 6.07) is 14.1. The van der Waals surface area contributed by atoms with E-state index in [1.165, 1.54) is 5.39 Å². The van der Waals surface area contributed by atoms with Crippen molar-refractivity contribution in [1.82, 2.24) is 20.2 Å². The number of pyridine rings is 1.